The van der Waals surface area contributed by atoms with E-state index in [1.807, 2.05) is 6.92 Å². The standard InChI is InChI=1S/C12H17N5O3S/c1-3-4-5-17-11(19)14-15-12(17)21-7-9(18)13-10-6-8(2)16-20-10/h6H,3-5,7H2,1-2H3,(H,13,18)(H,14,19). The summed E-state index contributed by atoms with van der Waals surface area (Å²) >= 11 is 1.20. The summed E-state index contributed by atoms with van der Waals surface area (Å²) in [6, 6.07) is 1.63. The SMILES string of the molecule is CCCCn1c(SCC(=O)Nc2cc(C)no2)n[nH]c1=O. The van der Waals surface area contributed by atoms with Crippen molar-refractivity contribution in [2.24, 2.45) is 0 Å². The Hall–Kier alpha value is -2.03. The zero-order valence-corrected chi connectivity index (χ0v) is 12.7. The number of anilines is 1. The van der Waals surface area contributed by atoms with Gasteiger partial charge in [-0.05, 0) is 13.3 Å². The zero-order valence-electron chi connectivity index (χ0n) is 11.9. The Morgan fingerprint density at radius 2 is 2.38 bits per heavy atom. The average molecular weight is 311 g/mol. The lowest BCUT2D eigenvalue weighted by atomic mass is 10.3. The number of aromatic nitrogens is 4. The van der Waals surface area contributed by atoms with Gasteiger partial charge in [-0.2, -0.15) is 0 Å². The van der Waals surface area contributed by atoms with Gasteiger partial charge in [-0.15, -0.1) is 5.10 Å². The molecule has 0 fully saturated rings. The number of nitrogens with one attached hydrogen (secondary N) is 2. The lowest BCUT2D eigenvalue weighted by molar-refractivity contribution is -0.113. The normalized spacial score (nSPS) is 10.8. The van der Waals surface area contributed by atoms with Crippen LogP contribution in [0.15, 0.2) is 20.5 Å². The fraction of sp³-hybridized carbons (Fsp3) is 0.500. The van der Waals surface area contributed by atoms with Crippen LogP contribution < -0.4 is 11.0 Å². The summed E-state index contributed by atoms with van der Waals surface area (Å²) in [4.78, 5) is 23.4. The van der Waals surface area contributed by atoms with Crippen LogP contribution >= 0.6 is 11.8 Å². The molecule has 0 bridgehead atoms. The molecule has 0 aliphatic heterocycles. The van der Waals surface area contributed by atoms with E-state index in [0.29, 0.717) is 23.3 Å². The third kappa shape index (κ3) is 4.22. The summed E-state index contributed by atoms with van der Waals surface area (Å²) in [7, 11) is 0. The first-order valence-electron chi connectivity index (χ1n) is 6.61. The van der Waals surface area contributed by atoms with Crippen LogP contribution in [0.1, 0.15) is 25.5 Å². The number of rotatable bonds is 7. The highest BCUT2D eigenvalue weighted by Crippen LogP contribution is 2.15. The number of unbranched alkanes of at least 4 members (excludes halogenated alkanes) is 1. The van der Waals surface area contributed by atoms with Crippen molar-refractivity contribution in [3.63, 3.8) is 0 Å². The highest BCUT2D eigenvalue weighted by Gasteiger charge is 2.12. The number of hydrogen-bond acceptors (Lipinski definition) is 6. The van der Waals surface area contributed by atoms with Gasteiger partial charge in [0.2, 0.25) is 11.8 Å². The first-order chi connectivity index (χ1) is 10.1. The number of thioether (sulfide) groups is 1. The summed E-state index contributed by atoms with van der Waals surface area (Å²) in [5, 5.41) is 13.1. The molecule has 8 nitrogen and oxygen atoms in total. The van der Waals surface area contributed by atoms with Crippen LogP contribution in [0.5, 0.6) is 0 Å². The molecule has 2 aromatic heterocycles. The number of carbonyl (C=O) groups excluding carboxylic acids is 1. The largest absolute Gasteiger partial charge is 0.343 e. The van der Waals surface area contributed by atoms with Crippen molar-refractivity contribution in [1.82, 2.24) is 19.9 Å². The van der Waals surface area contributed by atoms with Gasteiger partial charge < -0.3 is 4.52 Å². The third-order valence-corrected chi connectivity index (χ3v) is 3.66. The highest BCUT2D eigenvalue weighted by molar-refractivity contribution is 7.99. The molecule has 2 aromatic rings. The van der Waals surface area contributed by atoms with Crippen molar-refractivity contribution in [3.8, 4) is 0 Å². The second-order valence-electron chi connectivity index (χ2n) is 4.49. The Morgan fingerprint density at radius 3 is 3.05 bits per heavy atom. The molecule has 1 amide bonds. The maximum absolute atomic E-state index is 11.8. The van der Waals surface area contributed by atoms with Crippen LogP contribution in [-0.4, -0.2) is 31.6 Å². The van der Waals surface area contributed by atoms with Crippen LogP contribution in [0, 0.1) is 6.92 Å². The van der Waals surface area contributed by atoms with E-state index in [4.69, 9.17) is 4.52 Å². The van der Waals surface area contributed by atoms with Gasteiger partial charge in [0.15, 0.2) is 5.16 Å². The Bertz CT molecular complexity index is 660. The van der Waals surface area contributed by atoms with E-state index < -0.39 is 0 Å². The monoisotopic (exact) mass is 311 g/mol. The summed E-state index contributed by atoms with van der Waals surface area (Å²) in [5.74, 6) is 0.202. The third-order valence-electron chi connectivity index (χ3n) is 2.68. The van der Waals surface area contributed by atoms with E-state index in [2.05, 4.69) is 20.7 Å². The number of H-pyrrole nitrogens is 1. The van der Waals surface area contributed by atoms with Gasteiger partial charge in [-0.25, -0.2) is 9.89 Å². The summed E-state index contributed by atoms with van der Waals surface area (Å²) in [6.45, 7) is 4.41. The van der Waals surface area contributed by atoms with Crippen molar-refractivity contribution < 1.29 is 9.32 Å². The molecular formula is C12H17N5O3S. The molecule has 0 aliphatic carbocycles. The van der Waals surface area contributed by atoms with Gasteiger partial charge >= 0.3 is 5.69 Å². The van der Waals surface area contributed by atoms with Crippen LogP contribution in [0.2, 0.25) is 0 Å². The molecule has 2 N–H and O–H groups in total. The first kappa shape index (κ1) is 15.4. The lowest BCUT2D eigenvalue weighted by Crippen LogP contribution is -2.18. The van der Waals surface area contributed by atoms with Crippen molar-refractivity contribution in [2.45, 2.75) is 38.4 Å². The second kappa shape index (κ2) is 7.11. The summed E-state index contributed by atoms with van der Waals surface area (Å²) in [5.41, 5.74) is 0.441. The predicted octanol–water partition coefficient (Wildman–Crippen LogP) is 1.40. The van der Waals surface area contributed by atoms with Crippen molar-refractivity contribution in [1.29, 1.82) is 0 Å². The fourth-order valence-corrected chi connectivity index (χ4v) is 2.43. The van der Waals surface area contributed by atoms with Gasteiger partial charge in [0.05, 0.1) is 11.4 Å². The molecule has 0 aromatic carbocycles. The second-order valence-corrected chi connectivity index (χ2v) is 5.43. The fourth-order valence-electron chi connectivity index (χ4n) is 1.65. The van der Waals surface area contributed by atoms with E-state index in [1.165, 1.54) is 11.8 Å². The van der Waals surface area contributed by atoms with E-state index in [0.717, 1.165) is 12.8 Å². The van der Waals surface area contributed by atoms with Crippen molar-refractivity contribution in [2.75, 3.05) is 11.1 Å². The van der Waals surface area contributed by atoms with Crippen molar-refractivity contribution >= 4 is 23.6 Å². The summed E-state index contributed by atoms with van der Waals surface area (Å²) in [6.07, 6.45) is 1.86. The Balaban J connectivity index is 1.90. The minimum Gasteiger partial charge on any atom is -0.338 e. The van der Waals surface area contributed by atoms with E-state index in [-0.39, 0.29) is 17.3 Å². The molecule has 0 unspecified atom stereocenters. The molecule has 0 saturated heterocycles. The van der Waals surface area contributed by atoms with E-state index >= 15 is 0 Å². The number of amides is 1. The van der Waals surface area contributed by atoms with Crippen LogP contribution in [-0.2, 0) is 11.3 Å². The van der Waals surface area contributed by atoms with Crippen LogP contribution in [0.25, 0.3) is 0 Å². The number of nitrogens with zero attached hydrogens (tertiary/aromatic N) is 3. The number of hydrogen-bond donors (Lipinski definition) is 2. The Labute approximate surface area is 125 Å². The zero-order chi connectivity index (χ0) is 15.2. The minimum atomic E-state index is -0.253. The average Bonchev–Trinajstić information content (AvgIpc) is 3.01. The maximum atomic E-state index is 11.8. The highest BCUT2D eigenvalue weighted by atomic mass is 32.2. The number of aromatic amines is 1. The smallest absolute Gasteiger partial charge is 0.338 e. The molecule has 0 radical (unpaired) electrons. The molecule has 0 aliphatic rings. The van der Waals surface area contributed by atoms with Gasteiger partial charge in [-0.3, -0.25) is 14.7 Å². The Kier molecular flexibility index (Phi) is 5.20. The molecule has 9 heteroatoms. The summed E-state index contributed by atoms with van der Waals surface area (Å²) < 4.78 is 6.44. The molecule has 0 spiro atoms. The molecule has 2 rings (SSSR count). The molecule has 0 atom stereocenters. The van der Waals surface area contributed by atoms with Gasteiger partial charge in [0, 0.05) is 12.6 Å². The number of aryl methyl sites for hydroxylation is 1. The van der Waals surface area contributed by atoms with E-state index in [9.17, 15) is 9.59 Å². The molecular weight excluding hydrogens is 294 g/mol. The van der Waals surface area contributed by atoms with Crippen LogP contribution in [0.3, 0.4) is 0 Å². The minimum absolute atomic E-state index is 0.135. The lowest BCUT2D eigenvalue weighted by Gasteiger charge is -2.04. The topological polar surface area (TPSA) is 106 Å². The predicted molar refractivity (Wildman–Crippen MR) is 78.3 cm³/mol. The maximum Gasteiger partial charge on any atom is 0.343 e. The Morgan fingerprint density at radius 1 is 1.57 bits per heavy atom. The molecule has 21 heavy (non-hydrogen) atoms. The van der Waals surface area contributed by atoms with Gasteiger partial charge in [0.25, 0.3) is 0 Å². The van der Waals surface area contributed by atoms with Gasteiger partial charge in [-0.1, -0.05) is 30.3 Å². The molecule has 114 valence electrons. The quantitative estimate of drug-likeness (QED) is 0.749. The van der Waals surface area contributed by atoms with Crippen LogP contribution in [0.4, 0.5) is 5.88 Å². The molecule has 2 heterocycles. The molecule has 0 saturated carbocycles. The van der Waals surface area contributed by atoms with Gasteiger partial charge in [0.1, 0.15) is 0 Å². The van der Waals surface area contributed by atoms with Crippen molar-refractivity contribution in [3.05, 3.63) is 22.2 Å². The number of carbonyl (C=O) groups is 1. The first-order valence-corrected chi connectivity index (χ1v) is 7.60. The van der Waals surface area contributed by atoms with E-state index in [1.54, 1.807) is 17.6 Å².